The van der Waals surface area contributed by atoms with Crippen molar-refractivity contribution in [1.29, 1.82) is 5.26 Å². The molecular weight excluding hydrogens is 374 g/mol. The van der Waals surface area contributed by atoms with Crippen LogP contribution in [0.3, 0.4) is 0 Å². The average molecular weight is 394 g/mol. The lowest BCUT2D eigenvalue weighted by Crippen LogP contribution is -2.38. The molecule has 6 nitrogen and oxygen atoms in total. The normalized spacial score (nSPS) is 18.0. The monoisotopic (exact) mass is 393 g/mol. The predicted molar refractivity (Wildman–Crippen MR) is 101 cm³/mol. The molecule has 1 aliphatic rings. The Morgan fingerprint density at radius 1 is 1.42 bits per heavy atom. The van der Waals surface area contributed by atoms with Gasteiger partial charge in [0.25, 0.3) is 0 Å². The maximum atomic E-state index is 11.9. The standard InChI is InChI=1S/C18H20ClN3O3S/c1-13-6-8-25-18(13)12-22(15-4-3-14(10-20)17(19)9-15)16-5-7-21(11-16)26(2,23)24/h3-4,6,8-9,16H,5,7,11-12H2,1-2H3/t16-/m0/s1. The highest BCUT2D eigenvalue weighted by Crippen LogP contribution is 2.30. The summed E-state index contributed by atoms with van der Waals surface area (Å²) >= 11 is 6.22. The molecule has 1 saturated heterocycles. The van der Waals surface area contributed by atoms with Gasteiger partial charge in [-0.25, -0.2) is 12.7 Å². The van der Waals surface area contributed by atoms with Crippen molar-refractivity contribution in [2.24, 2.45) is 0 Å². The van der Waals surface area contributed by atoms with Gasteiger partial charge in [-0.1, -0.05) is 11.6 Å². The van der Waals surface area contributed by atoms with Crippen LogP contribution in [0.1, 0.15) is 23.3 Å². The van der Waals surface area contributed by atoms with Crippen LogP contribution in [0.2, 0.25) is 5.02 Å². The number of furan rings is 1. The number of aryl methyl sites for hydroxylation is 1. The Bertz CT molecular complexity index is 949. The number of anilines is 1. The largest absolute Gasteiger partial charge is 0.467 e. The van der Waals surface area contributed by atoms with E-state index in [1.165, 1.54) is 10.6 Å². The van der Waals surface area contributed by atoms with Crippen molar-refractivity contribution in [2.45, 2.75) is 25.9 Å². The van der Waals surface area contributed by atoms with Crippen molar-refractivity contribution in [2.75, 3.05) is 24.2 Å². The van der Waals surface area contributed by atoms with E-state index in [1.54, 1.807) is 18.4 Å². The van der Waals surface area contributed by atoms with Crippen LogP contribution in [0.4, 0.5) is 5.69 Å². The highest BCUT2D eigenvalue weighted by Gasteiger charge is 2.33. The van der Waals surface area contributed by atoms with E-state index < -0.39 is 10.0 Å². The van der Waals surface area contributed by atoms with Crippen LogP contribution in [0, 0.1) is 18.3 Å². The maximum Gasteiger partial charge on any atom is 0.211 e. The van der Waals surface area contributed by atoms with Gasteiger partial charge in [-0.2, -0.15) is 5.26 Å². The number of sulfonamides is 1. The Hall–Kier alpha value is -2.01. The van der Waals surface area contributed by atoms with E-state index in [1.807, 2.05) is 19.1 Å². The third-order valence-electron chi connectivity index (χ3n) is 4.72. The summed E-state index contributed by atoms with van der Waals surface area (Å²) in [6.07, 6.45) is 3.59. The number of hydrogen-bond acceptors (Lipinski definition) is 5. The minimum atomic E-state index is -3.23. The summed E-state index contributed by atoms with van der Waals surface area (Å²) in [7, 11) is -3.23. The van der Waals surface area contributed by atoms with Gasteiger partial charge >= 0.3 is 0 Å². The summed E-state index contributed by atoms with van der Waals surface area (Å²) in [5.74, 6) is 0.822. The zero-order valence-corrected chi connectivity index (χ0v) is 16.2. The van der Waals surface area contributed by atoms with Gasteiger partial charge in [-0.3, -0.25) is 0 Å². The first-order valence-corrected chi connectivity index (χ1v) is 10.5. The minimum Gasteiger partial charge on any atom is -0.467 e. The Balaban J connectivity index is 1.94. The molecule has 0 bridgehead atoms. The summed E-state index contributed by atoms with van der Waals surface area (Å²) in [6, 6.07) is 9.23. The first-order valence-electron chi connectivity index (χ1n) is 8.24. The predicted octanol–water partition coefficient (Wildman–Crippen LogP) is 3.15. The van der Waals surface area contributed by atoms with E-state index in [-0.39, 0.29) is 6.04 Å². The third-order valence-corrected chi connectivity index (χ3v) is 6.31. The van der Waals surface area contributed by atoms with Gasteiger partial charge < -0.3 is 9.32 Å². The number of nitriles is 1. The van der Waals surface area contributed by atoms with Crippen LogP contribution in [0.15, 0.2) is 34.9 Å². The fraction of sp³-hybridized carbons (Fsp3) is 0.389. The van der Waals surface area contributed by atoms with E-state index in [9.17, 15) is 8.42 Å². The smallest absolute Gasteiger partial charge is 0.211 e. The first kappa shape index (κ1) is 18.8. The Morgan fingerprint density at radius 2 is 2.19 bits per heavy atom. The lowest BCUT2D eigenvalue weighted by atomic mass is 10.1. The molecule has 1 fully saturated rings. The molecule has 1 aliphatic heterocycles. The summed E-state index contributed by atoms with van der Waals surface area (Å²) in [5, 5.41) is 9.47. The molecule has 2 heterocycles. The van der Waals surface area contributed by atoms with Crippen molar-refractivity contribution >= 4 is 27.3 Å². The zero-order chi connectivity index (χ0) is 18.9. The molecule has 1 aromatic carbocycles. The van der Waals surface area contributed by atoms with Crippen LogP contribution < -0.4 is 4.90 Å². The fourth-order valence-corrected chi connectivity index (χ4v) is 4.29. The Morgan fingerprint density at radius 3 is 2.73 bits per heavy atom. The minimum absolute atomic E-state index is 0.00164. The van der Waals surface area contributed by atoms with Crippen LogP contribution in [0.25, 0.3) is 0 Å². The summed E-state index contributed by atoms with van der Waals surface area (Å²) in [6.45, 7) is 3.38. The lowest BCUT2D eigenvalue weighted by Gasteiger charge is -2.31. The zero-order valence-electron chi connectivity index (χ0n) is 14.6. The van der Waals surface area contributed by atoms with Crippen molar-refractivity contribution in [3.8, 4) is 6.07 Å². The van der Waals surface area contributed by atoms with Crippen LogP contribution in [-0.2, 0) is 16.6 Å². The quantitative estimate of drug-likeness (QED) is 0.779. The second-order valence-corrected chi connectivity index (χ2v) is 8.88. The van der Waals surface area contributed by atoms with E-state index in [4.69, 9.17) is 21.3 Å². The number of halogens is 1. The number of rotatable bonds is 5. The van der Waals surface area contributed by atoms with E-state index in [2.05, 4.69) is 11.0 Å². The molecule has 2 aromatic rings. The first-order chi connectivity index (χ1) is 12.3. The molecule has 0 spiro atoms. The molecule has 138 valence electrons. The molecule has 0 radical (unpaired) electrons. The van der Waals surface area contributed by atoms with Crippen LogP contribution in [-0.4, -0.2) is 38.1 Å². The SMILES string of the molecule is Cc1ccoc1CN(c1ccc(C#N)c(Cl)c1)[C@H]1CCN(S(C)(=O)=O)C1. The van der Waals surface area contributed by atoms with Gasteiger partial charge in [0.05, 0.1) is 29.6 Å². The van der Waals surface area contributed by atoms with Gasteiger partial charge in [0.2, 0.25) is 10.0 Å². The van der Waals surface area contributed by atoms with E-state index in [0.29, 0.717) is 36.6 Å². The molecule has 0 unspecified atom stereocenters. The second kappa shape index (κ2) is 7.31. The summed E-state index contributed by atoms with van der Waals surface area (Å²) in [5.41, 5.74) is 2.28. The molecule has 0 saturated carbocycles. The molecule has 0 amide bonds. The number of nitrogens with zero attached hydrogens (tertiary/aromatic N) is 3. The number of benzene rings is 1. The molecule has 1 atom stereocenters. The van der Waals surface area contributed by atoms with Gasteiger partial charge in [-0.05, 0) is 43.2 Å². The number of hydrogen-bond donors (Lipinski definition) is 0. The maximum absolute atomic E-state index is 11.9. The third kappa shape index (κ3) is 3.88. The second-order valence-electron chi connectivity index (χ2n) is 6.49. The van der Waals surface area contributed by atoms with Crippen molar-refractivity contribution in [3.05, 3.63) is 52.4 Å². The fourth-order valence-electron chi connectivity index (χ4n) is 3.19. The van der Waals surface area contributed by atoms with Gasteiger partial charge in [0, 0.05) is 24.8 Å². The molecule has 0 aliphatic carbocycles. The average Bonchev–Trinajstić information content (AvgIpc) is 3.21. The highest BCUT2D eigenvalue weighted by atomic mass is 35.5. The highest BCUT2D eigenvalue weighted by molar-refractivity contribution is 7.88. The van der Waals surface area contributed by atoms with Crippen LogP contribution >= 0.6 is 11.6 Å². The molecule has 1 aromatic heterocycles. The van der Waals surface area contributed by atoms with Crippen molar-refractivity contribution in [3.63, 3.8) is 0 Å². The summed E-state index contributed by atoms with van der Waals surface area (Å²) < 4.78 is 30.8. The van der Waals surface area contributed by atoms with E-state index >= 15 is 0 Å². The Labute approximate surface area is 158 Å². The van der Waals surface area contributed by atoms with Gasteiger partial charge in [0.15, 0.2) is 0 Å². The summed E-state index contributed by atoms with van der Waals surface area (Å²) in [4.78, 5) is 2.10. The molecule has 0 N–H and O–H groups in total. The van der Waals surface area contributed by atoms with Gasteiger partial charge in [-0.15, -0.1) is 0 Å². The van der Waals surface area contributed by atoms with Gasteiger partial charge in [0.1, 0.15) is 11.8 Å². The molecule has 26 heavy (non-hydrogen) atoms. The van der Waals surface area contributed by atoms with Crippen molar-refractivity contribution in [1.82, 2.24) is 4.31 Å². The molecule has 8 heteroatoms. The van der Waals surface area contributed by atoms with Crippen molar-refractivity contribution < 1.29 is 12.8 Å². The van der Waals surface area contributed by atoms with Crippen LogP contribution in [0.5, 0.6) is 0 Å². The lowest BCUT2D eigenvalue weighted by molar-refractivity contribution is 0.461. The van der Waals surface area contributed by atoms with E-state index in [0.717, 1.165) is 17.0 Å². The molecular formula is C18H20ClN3O3S. The topological polar surface area (TPSA) is 77.6 Å². The Kier molecular flexibility index (Phi) is 5.28. The molecule has 3 rings (SSSR count).